The van der Waals surface area contributed by atoms with Gasteiger partial charge in [0.2, 0.25) is 5.88 Å². The van der Waals surface area contributed by atoms with Crippen molar-refractivity contribution >= 4 is 17.2 Å². The second-order valence-electron chi connectivity index (χ2n) is 4.19. The van der Waals surface area contributed by atoms with Gasteiger partial charge in [0.1, 0.15) is 16.9 Å². The Kier molecular flexibility index (Phi) is 4.77. The normalized spacial score (nSPS) is 12.5. The predicted octanol–water partition coefficient (Wildman–Crippen LogP) is 0.748. The van der Waals surface area contributed by atoms with E-state index in [0.29, 0.717) is 17.3 Å². The lowest BCUT2D eigenvalue weighted by atomic mass is 10.3. The van der Waals surface area contributed by atoms with E-state index in [0.717, 1.165) is 6.54 Å². The van der Waals surface area contributed by atoms with Crippen molar-refractivity contribution in [3.63, 3.8) is 0 Å². The number of likely N-dealkylation sites (N-methyl/N-ethyl adjacent to an activating group) is 1. The fourth-order valence-corrected chi connectivity index (χ4v) is 1.59. The van der Waals surface area contributed by atoms with E-state index in [4.69, 9.17) is 22.7 Å². The minimum atomic E-state index is 0.00685. The summed E-state index contributed by atoms with van der Waals surface area (Å²) in [6, 6.07) is 0. The summed E-state index contributed by atoms with van der Waals surface area (Å²) in [5, 5.41) is 0. The van der Waals surface area contributed by atoms with E-state index >= 15 is 0 Å². The summed E-state index contributed by atoms with van der Waals surface area (Å²) in [6.45, 7) is 4.56. The molecule has 0 radical (unpaired) electrons. The smallest absolute Gasteiger partial charge is 0.227 e. The molecule has 0 bridgehead atoms. The van der Waals surface area contributed by atoms with Crippen molar-refractivity contribution < 1.29 is 4.74 Å². The second kappa shape index (κ2) is 5.88. The first-order chi connectivity index (χ1) is 7.90. The van der Waals surface area contributed by atoms with Crippen molar-refractivity contribution in [1.29, 1.82) is 0 Å². The average molecular weight is 254 g/mol. The standard InChI is InChI=1S/C11H18N4OS/c1-7(6-15(3)4)16-11-9(10(12)17)5-13-8(2)14-11/h5,7H,6H2,1-4H3,(H2,12,17). The van der Waals surface area contributed by atoms with E-state index in [1.807, 2.05) is 25.9 Å². The third kappa shape index (κ3) is 4.24. The Hall–Kier alpha value is -1.27. The molecule has 6 heteroatoms. The number of aryl methyl sites for hydroxylation is 1. The molecule has 0 fully saturated rings. The Morgan fingerprint density at radius 2 is 2.24 bits per heavy atom. The molecule has 0 amide bonds. The van der Waals surface area contributed by atoms with E-state index in [1.165, 1.54) is 0 Å². The lowest BCUT2D eigenvalue weighted by Crippen LogP contribution is -2.29. The Bertz CT molecular complexity index is 408. The summed E-state index contributed by atoms with van der Waals surface area (Å²) in [5.41, 5.74) is 6.18. The molecule has 0 saturated heterocycles. The van der Waals surface area contributed by atoms with Gasteiger partial charge in [0, 0.05) is 12.7 Å². The summed E-state index contributed by atoms with van der Waals surface area (Å²) in [7, 11) is 3.97. The first kappa shape index (κ1) is 13.8. The van der Waals surface area contributed by atoms with Gasteiger partial charge in [0.25, 0.3) is 0 Å². The van der Waals surface area contributed by atoms with Crippen molar-refractivity contribution in [3.05, 3.63) is 17.6 Å². The Balaban J connectivity index is 2.88. The van der Waals surface area contributed by atoms with Crippen molar-refractivity contribution in [3.8, 4) is 5.88 Å². The fraction of sp³-hybridized carbons (Fsp3) is 0.545. The monoisotopic (exact) mass is 254 g/mol. The molecule has 0 aliphatic rings. The first-order valence-electron chi connectivity index (χ1n) is 5.35. The van der Waals surface area contributed by atoms with Crippen LogP contribution in [0, 0.1) is 6.92 Å². The molecule has 0 aliphatic heterocycles. The van der Waals surface area contributed by atoms with E-state index in [9.17, 15) is 0 Å². The lowest BCUT2D eigenvalue weighted by molar-refractivity contribution is 0.169. The van der Waals surface area contributed by atoms with Crippen LogP contribution in [0.25, 0.3) is 0 Å². The van der Waals surface area contributed by atoms with Gasteiger partial charge in [-0.1, -0.05) is 12.2 Å². The maximum absolute atomic E-state index is 5.74. The zero-order valence-corrected chi connectivity index (χ0v) is 11.4. The van der Waals surface area contributed by atoms with E-state index in [-0.39, 0.29) is 11.1 Å². The number of hydrogen-bond donors (Lipinski definition) is 1. The molecule has 1 atom stereocenters. The molecule has 0 spiro atoms. The highest BCUT2D eigenvalue weighted by Gasteiger charge is 2.13. The number of ether oxygens (including phenoxy) is 1. The number of nitrogens with two attached hydrogens (primary N) is 1. The summed E-state index contributed by atoms with van der Waals surface area (Å²) in [5.74, 6) is 1.09. The number of thiocarbonyl (C=S) groups is 1. The summed E-state index contributed by atoms with van der Waals surface area (Å²) >= 11 is 4.94. The minimum Gasteiger partial charge on any atom is -0.473 e. The third-order valence-corrected chi connectivity index (χ3v) is 2.29. The molecule has 0 aliphatic carbocycles. The number of rotatable bonds is 5. The maximum Gasteiger partial charge on any atom is 0.227 e. The van der Waals surface area contributed by atoms with Crippen LogP contribution in [0.15, 0.2) is 6.20 Å². The maximum atomic E-state index is 5.74. The molecule has 17 heavy (non-hydrogen) atoms. The van der Waals surface area contributed by atoms with Crippen molar-refractivity contribution in [2.24, 2.45) is 5.73 Å². The molecule has 1 unspecified atom stereocenters. The molecule has 2 N–H and O–H groups in total. The molecular formula is C11H18N4OS. The van der Waals surface area contributed by atoms with Gasteiger partial charge in [-0.3, -0.25) is 0 Å². The zero-order valence-electron chi connectivity index (χ0n) is 10.6. The van der Waals surface area contributed by atoms with Gasteiger partial charge < -0.3 is 15.4 Å². The number of nitrogens with zero attached hydrogens (tertiary/aromatic N) is 3. The predicted molar refractivity (Wildman–Crippen MR) is 71.3 cm³/mol. The average Bonchev–Trinajstić information content (AvgIpc) is 2.15. The summed E-state index contributed by atoms with van der Waals surface area (Å²) in [6.07, 6.45) is 1.61. The Labute approximate surface area is 107 Å². The fourth-order valence-electron chi connectivity index (χ4n) is 1.45. The van der Waals surface area contributed by atoms with Gasteiger partial charge in [-0.25, -0.2) is 4.98 Å². The molecular weight excluding hydrogens is 236 g/mol. The molecule has 1 aromatic heterocycles. The van der Waals surface area contributed by atoms with Gasteiger partial charge in [-0.2, -0.15) is 4.98 Å². The second-order valence-corrected chi connectivity index (χ2v) is 4.63. The van der Waals surface area contributed by atoms with Gasteiger partial charge >= 0.3 is 0 Å². The number of hydrogen-bond acceptors (Lipinski definition) is 5. The highest BCUT2D eigenvalue weighted by molar-refractivity contribution is 7.80. The molecule has 1 heterocycles. The van der Waals surface area contributed by atoms with Crippen LogP contribution in [0.2, 0.25) is 0 Å². The lowest BCUT2D eigenvalue weighted by Gasteiger charge is -2.19. The SMILES string of the molecule is Cc1ncc(C(N)=S)c(OC(C)CN(C)C)n1. The van der Waals surface area contributed by atoms with Gasteiger partial charge in [0.15, 0.2) is 0 Å². The van der Waals surface area contributed by atoms with Crippen LogP contribution in [0.3, 0.4) is 0 Å². The molecule has 1 aromatic rings. The van der Waals surface area contributed by atoms with Gasteiger partial charge in [-0.15, -0.1) is 0 Å². The van der Waals surface area contributed by atoms with E-state index in [2.05, 4.69) is 9.97 Å². The van der Waals surface area contributed by atoms with Crippen LogP contribution in [0.4, 0.5) is 0 Å². The first-order valence-corrected chi connectivity index (χ1v) is 5.75. The van der Waals surface area contributed by atoms with Gasteiger partial charge in [-0.05, 0) is 27.9 Å². The minimum absolute atomic E-state index is 0.00685. The molecule has 0 aromatic carbocycles. The highest BCUT2D eigenvalue weighted by atomic mass is 32.1. The van der Waals surface area contributed by atoms with Crippen LogP contribution in [-0.2, 0) is 0 Å². The van der Waals surface area contributed by atoms with Crippen LogP contribution in [-0.4, -0.2) is 46.6 Å². The third-order valence-electron chi connectivity index (χ3n) is 2.07. The van der Waals surface area contributed by atoms with Crippen molar-refractivity contribution in [1.82, 2.24) is 14.9 Å². The Morgan fingerprint density at radius 3 is 2.76 bits per heavy atom. The molecule has 94 valence electrons. The molecule has 1 rings (SSSR count). The number of aromatic nitrogens is 2. The van der Waals surface area contributed by atoms with Crippen LogP contribution in [0.1, 0.15) is 18.3 Å². The van der Waals surface area contributed by atoms with Crippen LogP contribution >= 0.6 is 12.2 Å². The van der Waals surface area contributed by atoms with Crippen LogP contribution in [0.5, 0.6) is 5.88 Å². The van der Waals surface area contributed by atoms with Gasteiger partial charge in [0.05, 0.1) is 5.56 Å². The van der Waals surface area contributed by atoms with Crippen LogP contribution < -0.4 is 10.5 Å². The highest BCUT2D eigenvalue weighted by Crippen LogP contribution is 2.16. The van der Waals surface area contributed by atoms with E-state index in [1.54, 1.807) is 13.1 Å². The molecule has 5 nitrogen and oxygen atoms in total. The summed E-state index contributed by atoms with van der Waals surface area (Å²) < 4.78 is 5.74. The summed E-state index contributed by atoms with van der Waals surface area (Å²) in [4.78, 5) is 10.6. The molecule has 0 saturated carbocycles. The Morgan fingerprint density at radius 1 is 1.59 bits per heavy atom. The van der Waals surface area contributed by atoms with Crippen molar-refractivity contribution in [2.45, 2.75) is 20.0 Å². The topological polar surface area (TPSA) is 64.3 Å². The van der Waals surface area contributed by atoms with E-state index < -0.39 is 0 Å². The quantitative estimate of drug-likeness (QED) is 0.782. The zero-order chi connectivity index (χ0) is 13.0. The largest absolute Gasteiger partial charge is 0.473 e. The van der Waals surface area contributed by atoms with Crippen molar-refractivity contribution in [2.75, 3.05) is 20.6 Å².